The fourth-order valence-electron chi connectivity index (χ4n) is 7.38. The molecule has 0 amide bonds. The molecule has 4 unspecified atom stereocenters. The van der Waals surface area contributed by atoms with Crippen molar-refractivity contribution in [3.05, 3.63) is 11.6 Å². The first-order valence-electron chi connectivity index (χ1n) is 10.6. The van der Waals surface area contributed by atoms with Crippen LogP contribution in [0.4, 0.5) is 0 Å². The second-order valence-corrected chi connectivity index (χ2v) is 9.90. The molecule has 3 fully saturated rings. The van der Waals surface area contributed by atoms with Crippen LogP contribution in [0.15, 0.2) is 11.6 Å². The van der Waals surface area contributed by atoms with Crippen LogP contribution in [-0.4, -0.2) is 23.6 Å². The lowest BCUT2D eigenvalue weighted by molar-refractivity contribution is -0.163. The molecule has 0 aliphatic heterocycles. The minimum absolute atomic E-state index is 0.0409. The van der Waals surface area contributed by atoms with Gasteiger partial charge in [-0.2, -0.15) is 0 Å². The third-order valence-electron chi connectivity index (χ3n) is 8.79. The zero-order valence-corrected chi connectivity index (χ0v) is 17.0. The molecule has 27 heavy (non-hydrogen) atoms. The highest BCUT2D eigenvalue weighted by molar-refractivity contribution is 6.04. The van der Waals surface area contributed by atoms with Crippen LogP contribution in [0.3, 0.4) is 0 Å². The second kappa shape index (κ2) is 6.28. The molecule has 4 nitrogen and oxygen atoms in total. The van der Waals surface area contributed by atoms with Crippen LogP contribution in [0.2, 0.25) is 0 Å². The van der Waals surface area contributed by atoms with Crippen LogP contribution in [0.5, 0.6) is 0 Å². The second-order valence-electron chi connectivity index (χ2n) is 9.90. The molecule has 4 heteroatoms. The summed E-state index contributed by atoms with van der Waals surface area (Å²) in [6.07, 6.45) is 8.72. The summed E-state index contributed by atoms with van der Waals surface area (Å²) in [6, 6.07) is 0. The van der Waals surface area contributed by atoms with Gasteiger partial charge >= 0.3 is 5.97 Å². The number of esters is 1. The van der Waals surface area contributed by atoms with Crippen LogP contribution in [0.25, 0.3) is 0 Å². The first-order chi connectivity index (χ1) is 12.7. The Morgan fingerprint density at radius 3 is 2.52 bits per heavy atom. The molecule has 4 aliphatic rings. The highest BCUT2D eigenvalue weighted by Gasteiger charge is 2.62. The molecular weight excluding hydrogens is 340 g/mol. The van der Waals surface area contributed by atoms with Gasteiger partial charge < -0.3 is 4.74 Å². The molecule has 4 aliphatic carbocycles. The zero-order chi connectivity index (χ0) is 19.6. The van der Waals surface area contributed by atoms with Gasteiger partial charge in [0.2, 0.25) is 0 Å². The Labute approximate surface area is 162 Å². The summed E-state index contributed by atoms with van der Waals surface area (Å²) in [6.45, 7) is 7.50. The van der Waals surface area contributed by atoms with E-state index in [1.54, 1.807) is 6.92 Å². The first kappa shape index (κ1) is 18.9. The van der Waals surface area contributed by atoms with E-state index in [9.17, 15) is 14.4 Å². The Hall–Kier alpha value is -1.45. The van der Waals surface area contributed by atoms with E-state index in [0.29, 0.717) is 24.2 Å². The number of fused-ring (bicyclic) bond motifs is 5. The highest BCUT2D eigenvalue weighted by atomic mass is 16.5. The first-order valence-corrected chi connectivity index (χ1v) is 10.6. The summed E-state index contributed by atoms with van der Waals surface area (Å²) >= 11 is 0. The van der Waals surface area contributed by atoms with E-state index in [-0.39, 0.29) is 35.0 Å². The molecule has 0 bridgehead atoms. The fourth-order valence-corrected chi connectivity index (χ4v) is 7.38. The highest BCUT2D eigenvalue weighted by Crippen LogP contribution is 2.65. The lowest BCUT2D eigenvalue weighted by atomic mass is 9.44. The number of ketones is 2. The van der Waals surface area contributed by atoms with Crippen molar-refractivity contribution < 1.29 is 19.1 Å². The van der Waals surface area contributed by atoms with Gasteiger partial charge in [0.25, 0.3) is 0 Å². The van der Waals surface area contributed by atoms with Gasteiger partial charge in [-0.3, -0.25) is 14.4 Å². The third-order valence-corrected chi connectivity index (χ3v) is 8.79. The van der Waals surface area contributed by atoms with Crippen LogP contribution >= 0.6 is 0 Å². The molecular formula is C23H32O4. The fraction of sp³-hybridized carbons (Fsp3) is 0.783. The monoisotopic (exact) mass is 372 g/mol. The minimum Gasteiger partial charge on any atom is -0.463 e. The molecule has 0 saturated heterocycles. The molecule has 0 aromatic rings. The number of hydrogen-bond acceptors (Lipinski definition) is 4. The molecule has 0 aromatic heterocycles. The number of carbonyl (C=O) groups excluding carboxylic acids is 3. The number of hydrogen-bond donors (Lipinski definition) is 0. The molecule has 0 aromatic carbocycles. The van der Waals surface area contributed by atoms with Gasteiger partial charge in [0.15, 0.2) is 5.78 Å². The summed E-state index contributed by atoms with van der Waals surface area (Å²) in [4.78, 5) is 36.9. The van der Waals surface area contributed by atoms with E-state index in [4.69, 9.17) is 4.74 Å². The molecule has 3 saturated carbocycles. The Morgan fingerprint density at radius 1 is 1.11 bits per heavy atom. The average molecular weight is 373 g/mol. The van der Waals surface area contributed by atoms with Crippen molar-refractivity contribution in [1.29, 1.82) is 0 Å². The van der Waals surface area contributed by atoms with Gasteiger partial charge in [0.05, 0.1) is 5.41 Å². The van der Waals surface area contributed by atoms with E-state index in [1.165, 1.54) is 6.92 Å². The maximum absolute atomic E-state index is 13.3. The number of Topliss-reactive ketones (excluding diaryl/α,β-unsaturated/α-hetero) is 2. The van der Waals surface area contributed by atoms with Gasteiger partial charge in [-0.05, 0) is 81.5 Å². The SMILES string of the molecule is CC(=O)O[C@H]1CC[C@@]2(C)C(CCC3C4CC=C(C(C)=O)[C@@]4(C)C(=O)CC32)C1. The van der Waals surface area contributed by atoms with Crippen molar-refractivity contribution in [2.75, 3.05) is 0 Å². The molecule has 0 heterocycles. The topological polar surface area (TPSA) is 60.4 Å². The van der Waals surface area contributed by atoms with Gasteiger partial charge in [0, 0.05) is 18.9 Å². The van der Waals surface area contributed by atoms with Gasteiger partial charge in [-0.25, -0.2) is 0 Å². The predicted octanol–water partition coefficient (Wildman–Crippen LogP) is 4.27. The van der Waals surface area contributed by atoms with Crippen molar-refractivity contribution in [3.8, 4) is 0 Å². The van der Waals surface area contributed by atoms with Gasteiger partial charge in [-0.15, -0.1) is 0 Å². The molecule has 0 spiro atoms. The van der Waals surface area contributed by atoms with Crippen LogP contribution in [-0.2, 0) is 19.1 Å². The zero-order valence-electron chi connectivity index (χ0n) is 17.0. The standard InChI is InChI=1S/C23H32O4/c1-13(24)18-7-8-19-17-6-5-15-11-16(27-14(2)25)9-10-22(15,3)20(17)12-21(26)23(18,19)4/h7,15-17,19-20H,5-6,8-12H2,1-4H3/t15?,16-,17?,19?,20?,22-,23+/m0/s1. The smallest absolute Gasteiger partial charge is 0.302 e. The van der Waals surface area contributed by atoms with Crippen molar-refractivity contribution in [2.24, 2.45) is 34.5 Å². The Kier molecular flexibility index (Phi) is 4.40. The molecule has 148 valence electrons. The van der Waals surface area contributed by atoms with Gasteiger partial charge in [-0.1, -0.05) is 13.0 Å². The number of rotatable bonds is 2. The molecule has 0 N–H and O–H groups in total. The van der Waals surface area contributed by atoms with E-state index < -0.39 is 5.41 Å². The molecule has 4 rings (SSSR count). The number of carbonyl (C=O) groups is 3. The van der Waals surface area contributed by atoms with Crippen molar-refractivity contribution in [3.63, 3.8) is 0 Å². The number of ether oxygens (including phenoxy) is 1. The summed E-state index contributed by atoms with van der Waals surface area (Å²) in [7, 11) is 0. The predicted molar refractivity (Wildman–Crippen MR) is 102 cm³/mol. The van der Waals surface area contributed by atoms with E-state index >= 15 is 0 Å². The maximum Gasteiger partial charge on any atom is 0.302 e. The minimum atomic E-state index is -0.564. The Morgan fingerprint density at radius 2 is 1.85 bits per heavy atom. The van der Waals surface area contributed by atoms with Crippen LogP contribution in [0.1, 0.15) is 72.6 Å². The third kappa shape index (κ3) is 2.66. The van der Waals surface area contributed by atoms with Crippen molar-refractivity contribution in [2.45, 2.75) is 78.7 Å². The Balaban J connectivity index is 1.60. The quantitative estimate of drug-likeness (QED) is 0.679. The largest absolute Gasteiger partial charge is 0.463 e. The van der Waals surface area contributed by atoms with Crippen LogP contribution < -0.4 is 0 Å². The van der Waals surface area contributed by atoms with Gasteiger partial charge in [0.1, 0.15) is 11.9 Å². The molecule has 0 radical (unpaired) electrons. The normalized spacial score (nSPS) is 46.0. The van der Waals surface area contributed by atoms with E-state index in [0.717, 1.165) is 44.1 Å². The summed E-state index contributed by atoms with van der Waals surface area (Å²) in [5.41, 5.74) is 0.350. The summed E-state index contributed by atoms with van der Waals surface area (Å²) < 4.78 is 5.52. The van der Waals surface area contributed by atoms with Crippen molar-refractivity contribution in [1.82, 2.24) is 0 Å². The number of allylic oxidation sites excluding steroid dienone is 2. The maximum atomic E-state index is 13.3. The van der Waals surface area contributed by atoms with E-state index in [2.05, 4.69) is 13.0 Å². The molecule has 7 atom stereocenters. The van der Waals surface area contributed by atoms with Crippen molar-refractivity contribution >= 4 is 17.5 Å². The summed E-state index contributed by atoms with van der Waals surface area (Å²) in [5, 5.41) is 0. The summed E-state index contributed by atoms with van der Waals surface area (Å²) in [5.74, 6) is 1.88. The van der Waals surface area contributed by atoms with E-state index in [1.807, 2.05) is 6.92 Å². The lowest BCUT2D eigenvalue weighted by Crippen LogP contribution is -2.57. The lowest BCUT2D eigenvalue weighted by Gasteiger charge is -2.60. The Bertz CT molecular complexity index is 722. The van der Waals surface area contributed by atoms with Crippen LogP contribution in [0, 0.1) is 34.5 Å². The average Bonchev–Trinajstić information content (AvgIpc) is 2.95.